The molecule has 2 atom stereocenters. The molecule has 1 rings (SSSR count). The molecule has 1 amide bonds. The van der Waals surface area contributed by atoms with Crippen molar-refractivity contribution in [1.82, 2.24) is 10.6 Å². The van der Waals surface area contributed by atoms with E-state index in [2.05, 4.69) is 10.6 Å². The number of esters is 1. The standard InChI is InChI=1S/C16H23FN2O4/c1-10(2)15(21)19-11(3)18-8-12(20)9-23-16(22)13-6-4-5-7-14(13)17/h4-7,10-12,18,20H,8-9H2,1-3H3,(H,19,21). The van der Waals surface area contributed by atoms with E-state index in [9.17, 15) is 19.1 Å². The van der Waals surface area contributed by atoms with Crippen molar-refractivity contribution in [3.05, 3.63) is 35.6 Å². The number of halogens is 1. The van der Waals surface area contributed by atoms with Crippen molar-refractivity contribution in [3.63, 3.8) is 0 Å². The van der Waals surface area contributed by atoms with E-state index in [0.29, 0.717) is 0 Å². The Morgan fingerprint density at radius 3 is 2.52 bits per heavy atom. The number of rotatable bonds is 8. The molecule has 0 aromatic heterocycles. The van der Waals surface area contributed by atoms with Crippen LogP contribution in [0.4, 0.5) is 4.39 Å². The van der Waals surface area contributed by atoms with Crippen LogP contribution in [0.2, 0.25) is 0 Å². The lowest BCUT2D eigenvalue weighted by Gasteiger charge is -2.19. The molecule has 7 heteroatoms. The Labute approximate surface area is 135 Å². The summed E-state index contributed by atoms with van der Waals surface area (Å²) in [5.74, 6) is -1.74. The molecule has 0 spiro atoms. The zero-order valence-corrected chi connectivity index (χ0v) is 13.5. The van der Waals surface area contributed by atoms with Gasteiger partial charge in [-0.15, -0.1) is 0 Å². The molecule has 0 aliphatic heterocycles. The number of hydrogen-bond acceptors (Lipinski definition) is 5. The van der Waals surface area contributed by atoms with E-state index >= 15 is 0 Å². The lowest BCUT2D eigenvalue weighted by molar-refractivity contribution is -0.124. The maximum absolute atomic E-state index is 13.4. The van der Waals surface area contributed by atoms with Gasteiger partial charge in [-0.2, -0.15) is 0 Å². The highest BCUT2D eigenvalue weighted by atomic mass is 19.1. The number of aliphatic hydroxyl groups is 1. The smallest absolute Gasteiger partial charge is 0.341 e. The van der Waals surface area contributed by atoms with E-state index in [1.54, 1.807) is 20.8 Å². The van der Waals surface area contributed by atoms with Crippen molar-refractivity contribution in [3.8, 4) is 0 Å². The van der Waals surface area contributed by atoms with Crippen molar-refractivity contribution < 1.29 is 23.8 Å². The van der Waals surface area contributed by atoms with Crippen LogP contribution in [0.25, 0.3) is 0 Å². The average molecular weight is 326 g/mol. The minimum Gasteiger partial charge on any atom is -0.459 e. The normalized spacial score (nSPS) is 13.5. The minimum atomic E-state index is -0.968. The fraction of sp³-hybridized carbons (Fsp3) is 0.500. The highest BCUT2D eigenvalue weighted by molar-refractivity contribution is 5.89. The third kappa shape index (κ3) is 6.75. The zero-order chi connectivity index (χ0) is 17.4. The predicted molar refractivity (Wildman–Crippen MR) is 83.1 cm³/mol. The Balaban J connectivity index is 2.32. The molecule has 3 N–H and O–H groups in total. The number of amides is 1. The quantitative estimate of drug-likeness (QED) is 0.491. The van der Waals surface area contributed by atoms with Crippen molar-refractivity contribution in [2.45, 2.75) is 33.0 Å². The monoisotopic (exact) mass is 326 g/mol. The first kappa shape index (κ1) is 19.1. The van der Waals surface area contributed by atoms with Crippen LogP contribution < -0.4 is 10.6 Å². The average Bonchev–Trinajstić information content (AvgIpc) is 2.50. The van der Waals surface area contributed by atoms with Crippen molar-refractivity contribution in [2.24, 2.45) is 5.92 Å². The van der Waals surface area contributed by atoms with Crippen LogP contribution in [0.5, 0.6) is 0 Å². The summed E-state index contributed by atoms with van der Waals surface area (Å²) in [6.07, 6.45) is -1.30. The van der Waals surface area contributed by atoms with Crippen LogP contribution in [0.15, 0.2) is 24.3 Å². The van der Waals surface area contributed by atoms with Gasteiger partial charge in [0.1, 0.15) is 18.5 Å². The molecule has 0 saturated carbocycles. The van der Waals surface area contributed by atoms with Gasteiger partial charge in [0.15, 0.2) is 0 Å². The van der Waals surface area contributed by atoms with E-state index in [0.717, 1.165) is 6.07 Å². The fourth-order valence-electron chi connectivity index (χ4n) is 1.68. The summed E-state index contributed by atoms with van der Waals surface area (Å²) in [7, 11) is 0. The van der Waals surface area contributed by atoms with Gasteiger partial charge in [0, 0.05) is 12.5 Å². The molecule has 23 heavy (non-hydrogen) atoms. The highest BCUT2D eigenvalue weighted by Crippen LogP contribution is 2.08. The Morgan fingerprint density at radius 1 is 1.26 bits per heavy atom. The topological polar surface area (TPSA) is 87.7 Å². The second-order valence-electron chi connectivity index (χ2n) is 5.53. The number of carbonyl (C=O) groups is 2. The molecule has 0 aliphatic rings. The number of nitrogens with one attached hydrogen (secondary N) is 2. The van der Waals surface area contributed by atoms with Gasteiger partial charge in [0.25, 0.3) is 0 Å². The van der Waals surface area contributed by atoms with E-state index in [1.165, 1.54) is 18.2 Å². The van der Waals surface area contributed by atoms with Crippen LogP contribution >= 0.6 is 0 Å². The van der Waals surface area contributed by atoms with Crippen LogP contribution in [-0.2, 0) is 9.53 Å². The number of hydrogen-bond donors (Lipinski definition) is 3. The van der Waals surface area contributed by atoms with Gasteiger partial charge in [0.2, 0.25) is 5.91 Å². The van der Waals surface area contributed by atoms with Gasteiger partial charge in [-0.05, 0) is 19.1 Å². The molecule has 0 heterocycles. The molecule has 128 valence electrons. The van der Waals surface area contributed by atoms with E-state index in [1.807, 2.05) is 0 Å². The second-order valence-corrected chi connectivity index (χ2v) is 5.53. The highest BCUT2D eigenvalue weighted by Gasteiger charge is 2.16. The molecule has 6 nitrogen and oxygen atoms in total. The lowest BCUT2D eigenvalue weighted by atomic mass is 10.2. The van der Waals surface area contributed by atoms with Crippen LogP contribution in [0.1, 0.15) is 31.1 Å². The molecular weight excluding hydrogens is 303 g/mol. The SMILES string of the molecule is CC(NCC(O)COC(=O)c1ccccc1F)NC(=O)C(C)C. The second kappa shape index (κ2) is 9.22. The Kier molecular flexibility index (Phi) is 7.64. The van der Waals surface area contributed by atoms with Gasteiger partial charge in [-0.25, -0.2) is 9.18 Å². The summed E-state index contributed by atoms with van der Waals surface area (Å²) in [4.78, 5) is 23.2. The summed E-state index contributed by atoms with van der Waals surface area (Å²) < 4.78 is 18.3. The first-order chi connectivity index (χ1) is 10.8. The summed E-state index contributed by atoms with van der Waals surface area (Å²) in [5.41, 5.74) is -0.176. The van der Waals surface area contributed by atoms with Crippen LogP contribution in [-0.4, -0.2) is 42.4 Å². The summed E-state index contributed by atoms with van der Waals surface area (Å²) in [6.45, 7) is 5.13. The van der Waals surface area contributed by atoms with Crippen molar-refractivity contribution >= 4 is 11.9 Å². The van der Waals surface area contributed by atoms with Gasteiger partial charge >= 0.3 is 5.97 Å². The molecule has 0 radical (unpaired) electrons. The summed E-state index contributed by atoms with van der Waals surface area (Å²) in [6, 6.07) is 5.47. The number of benzene rings is 1. The Morgan fingerprint density at radius 2 is 1.91 bits per heavy atom. The summed E-state index contributed by atoms with van der Waals surface area (Å²) in [5, 5.41) is 15.4. The van der Waals surface area contributed by atoms with E-state index in [-0.39, 0.29) is 36.7 Å². The number of ether oxygens (including phenoxy) is 1. The number of carbonyl (C=O) groups excluding carboxylic acids is 2. The molecular formula is C16H23FN2O4. The predicted octanol–water partition coefficient (Wildman–Crippen LogP) is 1.05. The maximum Gasteiger partial charge on any atom is 0.341 e. The number of aliphatic hydroxyl groups excluding tert-OH is 1. The third-order valence-corrected chi connectivity index (χ3v) is 3.04. The maximum atomic E-state index is 13.4. The third-order valence-electron chi connectivity index (χ3n) is 3.04. The molecule has 2 unspecified atom stereocenters. The zero-order valence-electron chi connectivity index (χ0n) is 13.5. The van der Waals surface area contributed by atoms with E-state index in [4.69, 9.17) is 4.74 Å². The molecule has 0 bridgehead atoms. The Bertz CT molecular complexity index is 537. The van der Waals surface area contributed by atoms with Crippen molar-refractivity contribution in [2.75, 3.05) is 13.2 Å². The van der Waals surface area contributed by atoms with Crippen LogP contribution in [0, 0.1) is 11.7 Å². The van der Waals surface area contributed by atoms with E-state index < -0.39 is 17.9 Å². The first-order valence-electron chi connectivity index (χ1n) is 7.44. The van der Waals surface area contributed by atoms with Gasteiger partial charge in [-0.1, -0.05) is 26.0 Å². The minimum absolute atomic E-state index is 0.106. The van der Waals surface area contributed by atoms with Gasteiger partial charge < -0.3 is 15.2 Å². The van der Waals surface area contributed by atoms with Crippen LogP contribution in [0.3, 0.4) is 0 Å². The molecule has 0 saturated heterocycles. The Hall–Kier alpha value is -1.99. The fourth-order valence-corrected chi connectivity index (χ4v) is 1.68. The van der Waals surface area contributed by atoms with Gasteiger partial charge in [0.05, 0.1) is 11.7 Å². The molecule has 0 fully saturated rings. The van der Waals surface area contributed by atoms with Gasteiger partial charge in [-0.3, -0.25) is 10.1 Å². The molecule has 1 aromatic rings. The lowest BCUT2D eigenvalue weighted by Crippen LogP contribution is -2.47. The summed E-state index contributed by atoms with van der Waals surface area (Å²) >= 11 is 0. The largest absolute Gasteiger partial charge is 0.459 e. The molecule has 0 aliphatic carbocycles. The first-order valence-corrected chi connectivity index (χ1v) is 7.44. The van der Waals surface area contributed by atoms with Crippen molar-refractivity contribution in [1.29, 1.82) is 0 Å². The molecule has 1 aromatic carbocycles.